The molecule has 18 heavy (non-hydrogen) atoms. The molecule has 1 aromatic rings. The van der Waals surface area contributed by atoms with Gasteiger partial charge < -0.3 is 5.32 Å². The lowest BCUT2D eigenvalue weighted by Gasteiger charge is -2.22. The van der Waals surface area contributed by atoms with Gasteiger partial charge in [0.2, 0.25) is 0 Å². The number of aromatic amines is 1. The molecule has 6 nitrogen and oxygen atoms in total. The summed E-state index contributed by atoms with van der Waals surface area (Å²) in [7, 11) is -1.71. The van der Waals surface area contributed by atoms with Crippen molar-refractivity contribution in [1.82, 2.24) is 19.8 Å². The van der Waals surface area contributed by atoms with E-state index in [-0.39, 0.29) is 5.03 Å². The maximum absolute atomic E-state index is 12.5. The Balaban J connectivity index is 2.37. The summed E-state index contributed by atoms with van der Waals surface area (Å²) >= 11 is 0. The molecule has 7 heteroatoms. The second-order valence-corrected chi connectivity index (χ2v) is 6.14. The van der Waals surface area contributed by atoms with Crippen LogP contribution in [-0.4, -0.2) is 43.1 Å². The van der Waals surface area contributed by atoms with E-state index >= 15 is 0 Å². The molecule has 0 unspecified atom stereocenters. The van der Waals surface area contributed by atoms with Crippen molar-refractivity contribution in [2.45, 2.75) is 24.9 Å². The molecule has 0 amide bonds. The van der Waals surface area contributed by atoms with Crippen molar-refractivity contribution >= 4 is 10.0 Å². The molecule has 0 saturated carbocycles. The highest BCUT2D eigenvalue weighted by molar-refractivity contribution is 7.89. The topological polar surface area (TPSA) is 78.1 Å². The van der Waals surface area contributed by atoms with Gasteiger partial charge in [-0.1, -0.05) is 12.2 Å². The van der Waals surface area contributed by atoms with E-state index in [2.05, 4.69) is 15.5 Å². The molecular weight excluding hydrogens is 252 g/mol. The van der Waals surface area contributed by atoms with Crippen LogP contribution < -0.4 is 5.32 Å². The Bertz CT molecular complexity index is 547. The molecule has 0 aliphatic carbocycles. The lowest BCUT2D eigenvalue weighted by Crippen LogP contribution is -2.34. The van der Waals surface area contributed by atoms with E-state index in [1.54, 1.807) is 7.05 Å². The van der Waals surface area contributed by atoms with E-state index < -0.39 is 10.0 Å². The van der Waals surface area contributed by atoms with E-state index in [1.165, 1.54) is 4.31 Å². The Labute approximate surface area is 107 Å². The van der Waals surface area contributed by atoms with Gasteiger partial charge in [-0.25, -0.2) is 8.42 Å². The molecule has 0 saturated heterocycles. The van der Waals surface area contributed by atoms with E-state index in [1.807, 2.05) is 19.1 Å². The SMILES string of the molecule is CNCc1c(S(=O)(=O)N2CC=CCC2)n[nH]c1C. The maximum atomic E-state index is 12.5. The maximum Gasteiger partial charge on any atom is 0.263 e. The zero-order valence-corrected chi connectivity index (χ0v) is 11.4. The van der Waals surface area contributed by atoms with Crippen LogP contribution in [0.15, 0.2) is 17.2 Å². The number of hydrogen-bond donors (Lipinski definition) is 2. The number of nitrogens with one attached hydrogen (secondary N) is 2. The van der Waals surface area contributed by atoms with Gasteiger partial charge in [0.05, 0.1) is 0 Å². The highest BCUT2D eigenvalue weighted by Gasteiger charge is 2.30. The third-order valence-corrected chi connectivity index (χ3v) is 4.83. The van der Waals surface area contributed by atoms with Crippen LogP contribution in [0.2, 0.25) is 0 Å². The summed E-state index contributed by atoms with van der Waals surface area (Å²) in [4.78, 5) is 0. The molecule has 0 radical (unpaired) electrons. The fourth-order valence-corrected chi connectivity index (χ4v) is 3.56. The molecule has 2 rings (SSSR count). The summed E-state index contributed by atoms with van der Waals surface area (Å²) in [5, 5.41) is 9.83. The summed E-state index contributed by atoms with van der Waals surface area (Å²) in [6.07, 6.45) is 4.62. The zero-order valence-electron chi connectivity index (χ0n) is 10.6. The van der Waals surface area contributed by atoms with Gasteiger partial charge in [-0.3, -0.25) is 5.10 Å². The molecule has 0 spiro atoms. The van der Waals surface area contributed by atoms with Crippen molar-refractivity contribution < 1.29 is 8.42 Å². The minimum Gasteiger partial charge on any atom is -0.316 e. The summed E-state index contributed by atoms with van der Waals surface area (Å²) in [6.45, 7) is 3.26. The number of hydrogen-bond acceptors (Lipinski definition) is 4. The van der Waals surface area contributed by atoms with E-state index in [0.717, 1.165) is 12.1 Å². The number of nitrogens with zero attached hydrogens (tertiary/aromatic N) is 2. The predicted octanol–water partition coefficient (Wildman–Crippen LogP) is 0.388. The number of rotatable bonds is 4. The smallest absolute Gasteiger partial charge is 0.263 e. The van der Waals surface area contributed by atoms with Gasteiger partial charge in [-0.2, -0.15) is 9.40 Å². The number of aromatic nitrogens is 2. The molecule has 0 bridgehead atoms. The predicted molar refractivity (Wildman–Crippen MR) is 68.6 cm³/mol. The third kappa shape index (κ3) is 2.33. The van der Waals surface area contributed by atoms with Crippen LogP contribution in [0.3, 0.4) is 0 Å². The van der Waals surface area contributed by atoms with Gasteiger partial charge in [0.1, 0.15) is 0 Å². The summed E-state index contributed by atoms with van der Waals surface area (Å²) in [6, 6.07) is 0. The molecule has 100 valence electrons. The Kier molecular flexibility index (Phi) is 3.84. The molecule has 0 aromatic carbocycles. The van der Waals surface area contributed by atoms with Gasteiger partial charge in [-0.05, 0) is 20.4 Å². The van der Waals surface area contributed by atoms with Crippen LogP contribution in [0.5, 0.6) is 0 Å². The second-order valence-electron chi connectivity index (χ2n) is 4.29. The Morgan fingerprint density at radius 2 is 2.28 bits per heavy atom. The Hall–Kier alpha value is -1.18. The van der Waals surface area contributed by atoms with E-state index in [4.69, 9.17) is 0 Å². The number of aryl methyl sites for hydroxylation is 1. The Morgan fingerprint density at radius 1 is 1.50 bits per heavy atom. The average Bonchev–Trinajstić information content (AvgIpc) is 2.73. The van der Waals surface area contributed by atoms with Crippen molar-refractivity contribution in [3.8, 4) is 0 Å². The highest BCUT2D eigenvalue weighted by atomic mass is 32.2. The fourth-order valence-electron chi connectivity index (χ4n) is 1.99. The van der Waals surface area contributed by atoms with Crippen molar-refractivity contribution in [2.75, 3.05) is 20.1 Å². The number of H-pyrrole nitrogens is 1. The average molecular weight is 270 g/mol. The van der Waals surface area contributed by atoms with Crippen LogP contribution in [0.1, 0.15) is 17.7 Å². The minimum absolute atomic E-state index is 0.143. The lowest BCUT2D eigenvalue weighted by molar-refractivity contribution is 0.434. The fraction of sp³-hybridized carbons (Fsp3) is 0.545. The van der Waals surface area contributed by atoms with Gasteiger partial charge in [0.25, 0.3) is 10.0 Å². The van der Waals surface area contributed by atoms with Gasteiger partial charge in [0, 0.05) is 30.9 Å². The first kappa shape index (κ1) is 13.3. The molecule has 0 fully saturated rings. The van der Waals surface area contributed by atoms with E-state index in [0.29, 0.717) is 25.2 Å². The standard InChI is InChI=1S/C11H18N4O2S/c1-9-10(8-12-2)11(14-13-9)18(16,17)15-6-4-3-5-7-15/h3-4,12H,5-8H2,1-2H3,(H,13,14). The molecule has 1 aliphatic heterocycles. The van der Waals surface area contributed by atoms with Crippen LogP contribution in [0.25, 0.3) is 0 Å². The monoisotopic (exact) mass is 270 g/mol. The quantitative estimate of drug-likeness (QED) is 0.776. The summed E-state index contributed by atoms with van der Waals surface area (Å²) in [5.74, 6) is 0. The molecule has 2 N–H and O–H groups in total. The van der Waals surface area contributed by atoms with E-state index in [9.17, 15) is 8.42 Å². The van der Waals surface area contributed by atoms with Crippen molar-refractivity contribution in [1.29, 1.82) is 0 Å². The minimum atomic E-state index is -3.49. The van der Waals surface area contributed by atoms with Gasteiger partial charge >= 0.3 is 0 Å². The van der Waals surface area contributed by atoms with Crippen LogP contribution >= 0.6 is 0 Å². The molecule has 1 aliphatic rings. The first-order chi connectivity index (χ1) is 8.57. The van der Waals surface area contributed by atoms with Gasteiger partial charge in [0.15, 0.2) is 5.03 Å². The van der Waals surface area contributed by atoms with Crippen molar-refractivity contribution in [3.63, 3.8) is 0 Å². The molecular formula is C11H18N4O2S. The van der Waals surface area contributed by atoms with Gasteiger partial charge in [-0.15, -0.1) is 0 Å². The van der Waals surface area contributed by atoms with Crippen LogP contribution in [0.4, 0.5) is 0 Å². The van der Waals surface area contributed by atoms with Crippen LogP contribution in [0, 0.1) is 6.92 Å². The highest BCUT2D eigenvalue weighted by Crippen LogP contribution is 2.21. The Morgan fingerprint density at radius 3 is 2.89 bits per heavy atom. The summed E-state index contributed by atoms with van der Waals surface area (Å²) in [5.41, 5.74) is 1.50. The zero-order chi connectivity index (χ0) is 13.2. The second kappa shape index (κ2) is 5.21. The molecule has 0 atom stereocenters. The third-order valence-electron chi connectivity index (χ3n) is 2.99. The lowest BCUT2D eigenvalue weighted by atomic mass is 10.3. The largest absolute Gasteiger partial charge is 0.316 e. The first-order valence-electron chi connectivity index (χ1n) is 5.91. The van der Waals surface area contributed by atoms with Crippen LogP contribution in [-0.2, 0) is 16.6 Å². The number of sulfonamides is 1. The molecule has 1 aromatic heterocycles. The first-order valence-corrected chi connectivity index (χ1v) is 7.35. The van der Waals surface area contributed by atoms with Crippen molar-refractivity contribution in [3.05, 3.63) is 23.4 Å². The summed E-state index contributed by atoms with van der Waals surface area (Å²) < 4.78 is 26.4. The van der Waals surface area contributed by atoms with Crippen molar-refractivity contribution in [2.24, 2.45) is 0 Å². The normalized spacial score (nSPS) is 17.2. The molecule has 2 heterocycles.